The van der Waals surface area contributed by atoms with Crippen LogP contribution in [0.4, 0.5) is 87.8 Å². The Balaban J connectivity index is 0.000000270. The van der Waals surface area contributed by atoms with Crippen LogP contribution in [0.25, 0.3) is 6.08 Å². The molecule has 0 atom stereocenters. The number of nitrogens with zero attached hydrogens (tertiary/aromatic N) is 1. The normalized spacial score (nSPS) is 11.5. The predicted octanol–water partition coefficient (Wildman–Crippen LogP) is 9.60. The van der Waals surface area contributed by atoms with E-state index >= 15 is 35.1 Å². The number of rotatable bonds is 10. The molecular formula is C46H18BF20NO2. The number of benzene rings is 6. The minimum absolute atomic E-state index is 0.0358. The molecule has 0 aliphatic rings. The Bertz CT molecular complexity index is 2880. The highest BCUT2D eigenvalue weighted by molar-refractivity contribution is 7.20. The van der Waals surface area contributed by atoms with Gasteiger partial charge in [0.2, 0.25) is 12.3 Å². The zero-order chi connectivity index (χ0) is 51.8. The maximum absolute atomic E-state index is 15.4. The zero-order valence-corrected chi connectivity index (χ0v) is 33.8. The molecule has 1 heterocycles. The Morgan fingerprint density at radius 3 is 0.929 bits per heavy atom. The summed E-state index contributed by atoms with van der Waals surface area (Å²) in [4.78, 5) is 24.4. The molecule has 0 N–H and O–H groups in total. The average molecular weight is 1010 g/mol. The van der Waals surface area contributed by atoms with Crippen LogP contribution in [-0.2, 0) is 6.54 Å². The van der Waals surface area contributed by atoms with Gasteiger partial charge in [-0.3, -0.25) is 9.59 Å². The van der Waals surface area contributed by atoms with Crippen molar-refractivity contribution in [2.45, 2.75) is 6.54 Å². The Morgan fingerprint density at radius 1 is 0.357 bits per heavy atom. The number of aromatic nitrogens is 1. The molecule has 3 nitrogen and oxygen atoms in total. The van der Waals surface area contributed by atoms with Crippen LogP contribution in [0.15, 0.2) is 91.3 Å². The highest BCUT2D eigenvalue weighted by atomic mass is 19.2. The van der Waals surface area contributed by atoms with Crippen molar-refractivity contribution < 1.29 is 102 Å². The number of Topliss-reactive ketones (excluding diaryl/α,β-unsaturated/α-hetero) is 1. The van der Waals surface area contributed by atoms with Crippen LogP contribution < -0.4 is 26.4 Å². The quantitative estimate of drug-likeness (QED) is 0.0261. The van der Waals surface area contributed by atoms with Crippen LogP contribution in [0, 0.1) is 116 Å². The Morgan fingerprint density at radius 2 is 0.629 bits per heavy atom. The number of carbonyl (C=O) groups excluding carboxylic acids is 2. The first-order valence-electron chi connectivity index (χ1n) is 19.0. The summed E-state index contributed by atoms with van der Waals surface area (Å²) in [5.41, 5.74) is -12.1. The van der Waals surface area contributed by atoms with E-state index in [9.17, 15) is 62.3 Å². The lowest BCUT2D eigenvalue weighted by Gasteiger charge is -2.44. The number of hydrogen-bond acceptors (Lipinski definition) is 2. The van der Waals surface area contributed by atoms with Gasteiger partial charge in [0.05, 0.1) is 0 Å². The van der Waals surface area contributed by atoms with E-state index in [1.807, 2.05) is 48.5 Å². The summed E-state index contributed by atoms with van der Waals surface area (Å²) < 4.78 is 296. The number of pyridine rings is 1. The fourth-order valence-corrected chi connectivity index (χ4v) is 7.31. The van der Waals surface area contributed by atoms with Crippen LogP contribution in [0.1, 0.15) is 26.3 Å². The molecule has 1 aromatic heterocycles. The molecular weight excluding hydrogens is 989 g/mol. The molecule has 0 saturated carbocycles. The second kappa shape index (κ2) is 20.0. The summed E-state index contributed by atoms with van der Waals surface area (Å²) in [5, 5.41) is 0. The van der Waals surface area contributed by atoms with Crippen LogP contribution >= 0.6 is 0 Å². The third-order valence-corrected chi connectivity index (χ3v) is 10.5. The maximum atomic E-state index is 15.4. The molecule has 0 aliphatic heterocycles. The third-order valence-electron chi connectivity index (χ3n) is 10.5. The zero-order valence-electron chi connectivity index (χ0n) is 33.8. The summed E-state index contributed by atoms with van der Waals surface area (Å²) in [6.07, 6.45) is -0.355. The Kier molecular flexibility index (Phi) is 14.8. The second-order valence-electron chi connectivity index (χ2n) is 14.5. The molecule has 0 radical (unpaired) electrons. The van der Waals surface area contributed by atoms with Crippen molar-refractivity contribution in [1.29, 1.82) is 0 Å². The highest BCUT2D eigenvalue weighted by Crippen LogP contribution is 2.31. The summed E-state index contributed by atoms with van der Waals surface area (Å²) in [5.74, 6) is -71.4. The molecule has 7 rings (SSSR count). The van der Waals surface area contributed by atoms with Gasteiger partial charge in [-0.15, -0.1) is 21.9 Å². The molecule has 0 saturated heterocycles. The van der Waals surface area contributed by atoms with Crippen LogP contribution in [0.2, 0.25) is 0 Å². The molecule has 70 heavy (non-hydrogen) atoms. The molecule has 0 spiro atoms. The molecule has 0 amide bonds. The van der Waals surface area contributed by atoms with Crippen molar-refractivity contribution in [2.24, 2.45) is 0 Å². The van der Waals surface area contributed by atoms with Crippen molar-refractivity contribution >= 4 is 45.6 Å². The van der Waals surface area contributed by atoms with E-state index in [1.54, 1.807) is 53.4 Å². The molecule has 24 heteroatoms. The van der Waals surface area contributed by atoms with Crippen molar-refractivity contribution in [3.8, 4) is 0 Å². The third kappa shape index (κ3) is 8.76. The Hall–Kier alpha value is -7.79. The van der Waals surface area contributed by atoms with E-state index in [1.165, 1.54) is 0 Å². The first-order chi connectivity index (χ1) is 32.9. The lowest BCUT2D eigenvalue weighted by Crippen LogP contribution is -2.81. The fraction of sp³-hybridized carbons (Fsp3) is 0.0217. The largest absolute Gasteiger partial charge is 0.289 e. The summed E-state index contributed by atoms with van der Waals surface area (Å²) in [7, 11) is 0. The van der Waals surface area contributed by atoms with Gasteiger partial charge in [-0.25, -0.2) is 87.8 Å². The van der Waals surface area contributed by atoms with E-state index < -0.39 is 144 Å². The van der Waals surface area contributed by atoms with E-state index in [4.69, 9.17) is 0 Å². The number of carbonyl (C=O) groups is 2. The van der Waals surface area contributed by atoms with Crippen LogP contribution in [-0.4, -0.2) is 17.7 Å². The molecule has 0 aliphatic carbocycles. The SMILES string of the molecule is Fc1c(F)c(F)c([B-](c2c(F)c(F)c(F)c(F)c2F)(c2c(F)c(F)c(F)c(F)c2F)c2c(F)c(F)c(F)c(F)c2F)c(F)c1F.O=C(C=Cc1ccccc1)c1cc[n+](CC(=O)c2ccccc2)cc1. The van der Waals surface area contributed by atoms with Crippen molar-refractivity contribution in [3.05, 3.63) is 224 Å². The van der Waals surface area contributed by atoms with Gasteiger partial charge in [0.15, 0.2) is 88.0 Å². The topological polar surface area (TPSA) is 38.0 Å². The van der Waals surface area contributed by atoms with Gasteiger partial charge in [0, 0.05) is 23.3 Å². The van der Waals surface area contributed by atoms with Crippen LogP contribution in [0.3, 0.4) is 0 Å². The standard InChI is InChI=1S/C24BF20.C22H18NO2/c26-5-1(6(27)14(35)21(42)13(5)34)25(2-7(28)15(36)22(43)16(37)8(2)29,3-9(30)17(38)23(44)18(39)10(3)31)4-11(32)19(40)24(45)20(41)12(4)33;24-21(12-11-18-7-3-1-4-8-18)20-13-15-23(16-14-20)17-22(25)19-9-5-2-6-10-19/h;1-16H,17H2/q-1;+1. The van der Waals surface area contributed by atoms with Gasteiger partial charge in [-0.1, -0.05) is 66.7 Å². The number of ketones is 2. The van der Waals surface area contributed by atoms with Crippen molar-refractivity contribution in [2.75, 3.05) is 0 Å². The van der Waals surface area contributed by atoms with Gasteiger partial charge in [0.1, 0.15) is 52.7 Å². The molecule has 0 fully saturated rings. The van der Waals surface area contributed by atoms with Gasteiger partial charge < -0.3 is 0 Å². The number of allylic oxidation sites excluding steroid dienone is 1. The van der Waals surface area contributed by atoms with E-state index in [2.05, 4.69) is 0 Å². The minimum atomic E-state index is -7.22. The highest BCUT2D eigenvalue weighted by Gasteiger charge is 2.52. The monoisotopic (exact) mass is 1010 g/mol. The summed E-state index contributed by atoms with van der Waals surface area (Å²) in [6.45, 7) is 0.248. The maximum Gasteiger partial charge on any atom is 0.227 e. The van der Waals surface area contributed by atoms with Gasteiger partial charge >= 0.3 is 0 Å². The van der Waals surface area contributed by atoms with E-state index in [0.717, 1.165) is 5.56 Å². The van der Waals surface area contributed by atoms with Gasteiger partial charge in [-0.05, 0) is 11.6 Å². The second-order valence-corrected chi connectivity index (χ2v) is 14.5. The average Bonchev–Trinajstić information content (AvgIpc) is 3.36. The van der Waals surface area contributed by atoms with Crippen molar-refractivity contribution in [1.82, 2.24) is 0 Å². The van der Waals surface area contributed by atoms with E-state index in [-0.39, 0.29) is 18.1 Å². The molecule has 7 aromatic rings. The van der Waals surface area contributed by atoms with Gasteiger partial charge in [-0.2, -0.15) is 4.57 Å². The smallest absolute Gasteiger partial charge is 0.227 e. The fourth-order valence-electron chi connectivity index (χ4n) is 7.31. The van der Waals surface area contributed by atoms with E-state index in [0.29, 0.717) is 11.1 Å². The first-order valence-corrected chi connectivity index (χ1v) is 19.0. The number of halogens is 20. The lowest BCUT2D eigenvalue weighted by molar-refractivity contribution is -0.683. The first kappa shape index (κ1) is 51.6. The number of hydrogen-bond donors (Lipinski definition) is 0. The summed E-state index contributed by atoms with van der Waals surface area (Å²) in [6, 6.07) is 22.3. The van der Waals surface area contributed by atoms with Crippen LogP contribution in [0.5, 0.6) is 0 Å². The minimum Gasteiger partial charge on any atom is -0.289 e. The van der Waals surface area contributed by atoms with Crippen molar-refractivity contribution in [3.63, 3.8) is 0 Å². The molecule has 0 bridgehead atoms. The molecule has 0 unspecified atom stereocenters. The Labute approximate surface area is 378 Å². The lowest BCUT2D eigenvalue weighted by atomic mass is 9.12. The summed E-state index contributed by atoms with van der Waals surface area (Å²) >= 11 is 0. The predicted molar refractivity (Wildman–Crippen MR) is 206 cm³/mol. The molecule has 362 valence electrons. The van der Waals surface area contributed by atoms with Gasteiger partial charge in [0.25, 0.3) is 0 Å². The molecule has 6 aromatic carbocycles.